The average molecular weight is 402 g/mol. The van der Waals surface area contributed by atoms with Crippen LogP contribution in [0.3, 0.4) is 0 Å². The van der Waals surface area contributed by atoms with Crippen LogP contribution in [0.25, 0.3) is 5.65 Å². The Morgan fingerprint density at radius 1 is 1.24 bits per heavy atom. The molecular formula is C20H30N6O3. The minimum atomic E-state index is -0.582. The second-order valence-corrected chi connectivity index (χ2v) is 8.13. The van der Waals surface area contributed by atoms with Gasteiger partial charge in [0.05, 0.1) is 12.7 Å². The van der Waals surface area contributed by atoms with Gasteiger partial charge in [0, 0.05) is 29.9 Å². The van der Waals surface area contributed by atoms with Crippen LogP contribution in [0.2, 0.25) is 0 Å². The zero-order chi connectivity index (χ0) is 21.9. The van der Waals surface area contributed by atoms with Gasteiger partial charge >= 0.3 is 0 Å². The topological polar surface area (TPSA) is 123 Å². The molecule has 0 aliphatic rings. The Kier molecular flexibility index (Phi) is 6.61. The second-order valence-electron chi connectivity index (χ2n) is 8.13. The number of hydrogen-bond donors (Lipinski definition) is 2. The van der Waals surface area contributed by atoms with Crippen molar-refractivity contribution >= 4 is 23.4 Å². The summed E-state index contributed by atoms with van der Waals surface area (Å²) in [7, 11) is 0. The van der Waals surface area contributed by atoms with E-state index in [1.807, 2.05) is 41.5 Å². The molecule has 29 heavy (non-hydrogen) atoms. The minimum Gasteiger partial charge on any atom is -0.365 e. The molecule has 0 aliphatic carbocycles. The minimum absolute atomic E-state index is 0.0307. The van der Waals surface area contributed by atoms with Crippen molar-refractivity contribution in [3.63, 3.8) is 0 Å². The van der Waals surface area contributed by atoms with Gasteiger partial charge in [0.15, 0.2) is 5.65 Å². The SMILES string of the molecule is CCN(CC(=O)NC(C)(C)C)C(=O)CCc1c(C)nc2c(C(N)=O)cnn2c1C. The fourth-order valence-corrected chi connectivity index (χ4v) is 3.24. The molecule has 2 heterocycles. The van der Waals surface area contributed by atoms with Gasteiger partial charge in [-0.2, -0.15) is 5.10 Å². The molecule has 0 aliphatic heterocycles. The monoisotopic (exact) mass is 402 g/mol. The third-order valence-electron chi connectivity index (χ3n) is 4.65. The lowest BCUT2D eigenvalue weighted by Gasteiger charge is -2.25. The fraction of sp³-hybridized carbons (Fsp3) is 0.550. The van der Waals surface area contributed by atoms with E-state index in [9.17, 15) is 14.4 Å². The Balaban J connectivity index is 2.13. The summed E-state index contributed by atoms with van der Waals surface area (Å²) in [5.74, 6) is -0.867. The molecule has 0 spiro atoms. The number of aryl methyl sites for hydroxylation is 2. The van der Waals surface area contributed by atoms with Crippen LogP contribution in [-0.2, 0) is 16.0 Å². The van der Waals surface area contributed by atoms with E-state index in [0.29, 0.717) is 18.6 Å². The van der Waals surface area contributed by atoms with Gasteiger partial charge in [-0.15, -0.1) is 0 Å². The van der Waals surface area contributed by atoms with Gasteiger partial charge in [0.2, 0.25) is 11.8 Å². The zero-order valence-corrected chi connectivity index (χ0v) is 18.0. The number of aromatic nitrogens is 3. The van der Waals surface area contributed by atoms with E-state index in [1.165, 1.54) is 11.1 Å². The third kappa shape index (κ3) is 5.30. The normalized spacial score (nSPS) is 11.5. The summed E-state index contributed by atoms with van der Waals surface area (Å²) in [5.41, 5.74) is 8.12. The summed E-state index contributed by atoms with van der Waals surface area (Å²) in [6, 6.07) is 0. The van der Waals surface area contributed by atoms with Crippen molar-refractivity contribution in [1.82, 2.24) is 24.8 Å². The maximum absolute atomic E-state index is 12.7. The Morgan fingerprint density at radius 3 is 2.45 bits per heavy atom. The first-order valence-corrected chi connectivity index (χ1v) is 9.67. The summed E-state index contributed by atoms with van der Waals surface area (Å²) >= 11 is 0. The highest BCUT2D eigenvalue weighted by atomic mass is 16.2. The van der Waals surface area contributed by atoms with Crippen LogP contribution in [0.5, 0.6) is 0 Å². The lowest BCUT2D eigenvalue weighted by Crippen LogP contribution is -2.47. The first kappa shape index (κ1) is 22.3. The van der Waals surface area contributed by atoms with E-state index >= 15 is 0 Å². The van der Waals surface area contributed by atoms with Crippen LogP contribution < -0.4 is 11.1 Å². The van der Waals surface area contributed by atoms with E-state index < -0.39 is 5.91 Å². The van der Waals surface area contributed by atoms with E-state index in [4.69, 9.17) is 5.73 Å². The number of primary amides is 1. The zero-order valence-electron chi connectivity index (χ0n) is 18.0. The van der Waals surface area contributed by atoms with Gasteiger partial charge in [0.1, 0.15) is 5.56 Å². The van der Waals surface area contributed by atoms with Crippen LogP contribution in [-0.4, -0.2) is 55.8 Å². The number of likely N-dealkylation sites (N-methyl/N-ethyl adjacent to an activating group) is 1. The Hall–Kier alpha value is -2.97. The highest BCUT2D eigenvalue weighted by Crippen LogP contribution is 2.19. The van der Waals surface area contributed by atoms with E-state index in [-0.39, 0.29) is 35.9 Å². The number of rotatable bonds is 7. The molecule has 2 aromatic rings. The van der Waals surface area contributed by atoms with Crippen molar-refractivity contribution in [2.75, 3.05) is 13.1 Å². The van der Waals surface area contributed by atoms with Crippen molar-refractivity contribution in [2.24, 2.45) is 5.73 Å². The molecule has 0 aromatic carbocycles. The second kappa shape index (κ2) is 8.59. The lowest BCUT2D eigenvalue weighted by molar-refractivity contribution is -0.136. The molecule has 3 amide bonds. The summed E-state index contributed by atoms with van der Waals surface area (Å²) < 4.78 is 1.57. The van der Waals surface area contributed by atoms with Crippen molar-refractivity contribution < 1.29 is 14.4 Å². The lowest BCUT2D eigenvalue weighted by atomic mass is 10.1. The van der Waals surface area contributed by atoms with Gasteiger partial charge in [-0.3, -0.25) is 14.4 Å². The van der Waals surface area contributed by atoms with Crippen molar-refractivity contribution in [2.45, 2.75) is 59.9 Å². The van der Waals surface area contributed by atoms with Crippen LogP contribution in [0.15, 0.2) is 6.20 Å². The van der Waals surface area contributed by atoms with Gasteiger partial charge in [-0.05, 0) is 53.5 Å². The van der Waals surface area contributed by atoms with Gasteiger partial charge in [-0.1, -0.05) is 0 Å². The number of amides is 3. The first-order chi connectivity index (χ1) is 13.4. The van der Waals surface area contributed by atoms with Gasteiger partial charge < -0.3 is 16.0 Å². The van der Waals surface area contributed by atoms with Gasteiger partial charge in [0.25, 0.3) is 5.91 Å². The predicted octanol–water partition coefficient (Wildman–Crippen LogP) is 1.14. The molecule has 0 fully saturated rings. The number of carbonyl (C=O) groups is 3. The molecule has 0 radical (unpaired) electrons. The number of hydrogen-bond acceptors (Lipinski definition) is 5. The fourth-order valence-electron chi connectivity index (χ4n) is 3.24. The Labute approximate surface area is 170 Å². The standard InChI is InChI=1S/C20H30N6O3/c1-7-25(11-16(27)24-20(4,5)6)17(28)9-8-14-12(2)23-19-15(18(21)29)10-22-26(19)13(14)3/h10H,7-9,11H2,1-6H3,(H2,21,29)(H,24,27). The maximum Gasteiger partial charge on any atom is 0.254 e. The molecule has 0 unspecified atom stereocenters. The molecule has 9 nitrogen and oxygen atoms in total. The maximum atomic E-state index is 12.7. The molecule has 2 aromatic heterocycles. The molecular weight excluding hydrogens is 372 g/mol. The summed E-state index contributed by atoms with van der Waals surface area (Å²) in [6.07, 6.45) is 2.11. The van der Waals surface area contributed by atoms with Crippen LogP contribution in [0.1, 0.15) is 61.4 Å². The first-order valence-electron chi connectivity index (χ1n) is 9.67. The van der Waals surface area contributed by atoms with Crippen LogP contribution in [0.4, 0.5) is 0 Å². The Morgan fingerprint density at radius 2 is 1.90 bits per heavy atom. The number of nitrogens with zero attached hydrogens (tertiary/aromatic N) is 4. The molecule has 0 saturated heterocycles. The highest BCUT2D eigenvalue weighted by molar-refractivity contribution is 5.98. The number of nitrogens with two attached hydrogens (primary N) is 1. The number of carbonyl (C=O) groups excluding carboxylic acids is 3. The number of fused-ring (bicyclic) bond motifs is 1. The average Bonchev–Trinajstić information content (AvgIpc) is 3.01. The van der Waals surface area contributed by atoms with Crippen molar-refractivity contribution in [3.8, 4) is 0 Å². The number of nitrogens with one attached hydrogen (secondary N) is 1. The smallest absolute Gasteiger partial charge is 0.254 e. The quantitative estimate of drug-likeness (QED) is 0.719. The van der Waals surface area contributed by atoms with Crippen LogP contribution in [0, 0.1) is 13.8 Å². The van der Waals surface area contributed by atoms with E-state index in [0.717, 1.165) is 17.0 Å². The third-order valence-corrected chi connectivity index (χ3v) is 4.65. The molecule has 0 bridgehead atoms. The Bertz CT molecular complexity index is 942. The predicted molar refractivity (Wildman–Crippen MR) is 109 cm³/mol. The summed E-state index contributed by atoms with van der Waals surface area (Å²) in [5, 5.41) is 7.07. The molecule has 0 saturated carbocycles. The van der Waals surface area contributed by atoms with Crippen molar-refractivity contribution in [1.29, 1.82) is 0 Å². The van der Waals surface area contributed by atoms with Crippen molar-refractivity contribution in [3.05, 3.63) is 28.7 Å². The molecule has 158 valence electrons. The largest absolute Gasteiger partial charge is 0.365 e. The van der Waals surface area contributed by atoms with Crippen LogP contribution >= 0.6 is 0 Å². The summed E-state index contributed by atoms with van der Waals surface area (Å²) in [4.78, 5) is 42.4. The van der Waals surface area contributed by atoms with Gasteiger partial charge in [-0.25, -0.2) is 9.50 Å². The molecule has 9 heteroatoms. The highest BCUT2D eigenvalue weighted by Gasteiger charge is 2.21. The molecule has 2 rings (SSSR count). The molecule has 0 atom stereocenters. The molecule has 3 N–H and O–H groups in total. The van der Waals surface area contributed by atoms with E-state index in [2.05, 4.69) is 15.4 Å². The van der Waals surface area contributed by atoms with E-state index in [1.54, 1.807) is 4.52 Å². The summed E-state index contributed by atoms with van der Waals surface area (Å²) in [6.45, 7) is 11.7.